The Hall–Kier alpha value is -1.39. The van der Waals surface area contributed by atoms with Gasteiger partial charge < -0.3 is 9.47 Å². The number of rotatable bonds is 1. The molecule has 0 amide bonds. The zero-order valence-electron chi connectivity index (χ0n) is 13.7. The summed E-state index contributed by atoms with van der Waals surface area (Å²) in [4.78, 5) is 36.1. The molecule has 0 radical (unpaired) electrons. The summed E-state index contributed by atoms with van der Waals surface area (Å²) in [5.74, 6) is -0.993. The third kappa shape index (κ3) is 2.01. The van der Waals surface area contributed by atoms with Gasteiger partial charge in [0.25, 0.3) is 0 Å². The van der Waals surface area contributed by atoms with E-state index in [2.05, 4.69) is 20.8 Å². The summed E-state index contributed by atoms with van der Waals surface area (Å²) in [6, 6.07) is 0. The normalized spacial score (nSPS) is 43.1. The molecule has 2 saturated carbocycles. The van der Waals surface area contributed by atoms with Crippen LogP contribution in [0.25, 0.3) is 0 Å². The molecule has 1 saturated heterocycles. The van der Waals surface area contributed by atoms with Crippen molar-refractivity contribution in [1.29, 1.82) is 0 Å². The molecule has 2 aliphatic carbocycles. The van der Waals surface area contributed by atoms with Gasteiger partial charge in [-0.05, 0) is 24.2 Å². The smallest absolute Gasteiger partial charge is 0.310 e. The fourth-order valence-electron chi connectivity index (χ4n) is 5.22. The van der Waals surface area contributed by atoms with Crippen LogP contribution >= 0.6 is 0 Å². The Kier molecular flexibility index (Phi) is 3.38. The lowest BCUT2D eigenvalue weighted by Gasteiger charge is -2.58. The van der Waals surface area contributed by atoms with Gasteiger partial charge in [0, 0.05) is 18.8 Å². The minimum atomic E-state index is -0.337. The molecule has 0 bridgehead atoms. The van der Waals surface area contributed by atoms with E-state index in [1.165, 1.54) is 6.92 Å². The monoisotopic (exact) mass is 308 g/mol. The summed E-state index contributed by atoms with van der Waals surface area (Å²) in [6.07, 6.45) is 1.75. The van der Waals surface area contributed by atoms with E-state index < -0.39 is 0 Å². The van der Waals surface area contributed by atoms with E-state index in [-0.39, 0.29) is 59.0 Å². The molecule has 5 nitrogen and oxygen atoms in total. The summed E-state index contributed by atoms with van der Waals surface area (Å²) in [6.45, 7) is 7.87. The van der Waals surface area contributed by atoms with Crippen molar-refractivity contribution in [1.82, 2.24) is 0 Å². The molecule has 122 valence electrons. The van der Waals surface area contributed by atoms with Crippen molar-refractivity contribution in [2.24, 2.45) is 28.6 Å². The first-order valence-corrected chi connectivity index (χ1v) is 8.04. The average Bonchev–Trinajstić information content (AvgIpc) is 2.80. The van der Waals surface area contributed by atoms with E-state index in [0.29, 0.717) is 6.42 Å². The van der Waals surface area contributed by atoms with Crippen LogP contribution in [0.2, 0.25) is 0 Å². The van der Waals surface area contributed by atoms with Crippen molar-refractivity contribution < 1.29 is 23.9 Å². The van der Waals surface area contributed by atoms with Crippen molar-refractivity contribution in [2.75, 3.05) is 6.61 Å². The molecular formula is C17H24O5. The summed E-state index contributed by atoms with van der Waals surface area (Å²) in [5, 5.41) is 0. The summed E-state index contributed by atoms with van der Waals surface area (Å²) < 4.78 is 10.7. The Morgan fingerprint density at radius 1 is 1.27 bits per heavy atom. The van der Waals surface area contributed by atoms with E-state index in [1.807, 2.05) is 0 Å². The first-order chi connectivity index (χ1) is 10.2. The fraction of sp³-hybridized carbons (Fsp3) is 0.824. The average molecular weight is 308 g/mol. The van der Waals surface area contributed by atoms with E-state index in [1.54, 1.807) is 0 Å². The molecule has 1 heterocycles. The van der Waals surface area contributed by atoms with Crippen LogP contribution in [0.3, 0.4) is 0 Å². The number of ether oxygens (including phenoxy) is 2. The lowest BCUT2D eigenvalue weighted by atomic mass is 9.46. The Morgan fingerprint density at radius 2 is 1.95 bits per heavy atom. The number of cyclic esters (lactones) is 1. The first kappa shape index (κ1) is 15.5. The van der Waals surface area contributed by atoms with Gasteiger partial charge in [-0.2, -0.15) is 0 Å². The van der Waals surface area contributed by atoms with Crippen LogP contribution in [0, 0.1) is 28.6 Å². The summed E-state index contributed by atoms with van der Waals surface area (Å²) in [7, 11) is 0. The van der Waals surface area contributed by atoms with Crippen molar-refractivity contribution in [2.45, 2.75) is 53.1 Å². The molecule has 1 aliphatic heterocycles. The molecule has 0 spiro atoms. The number of hydrogen-bond acceptors (Lipinski definition) is 5. The molecule has 5 heteroatoms. The molecule has 3 aliphatic rings. The van der Waals surface area contributed by atoms with Gasteiger partial charge in [-0.3, -0.25) is 14.4 Å². The predicted octanol–water partition coefficient (Wildman–Crippen LogP) is 2.12. The van der Waals surface area contributed by atoms with Gasteiger partial charge >= 0.3 is 11.9 Å². The van der Waals surface area contributed by atoms with Crippen molar-refractivity contribution in [3.05, 3.63) is 0 Å². The number of carbonyl (C=O) groups excluding carboxylic acids is 3. The summed E-state index contributed by atoms with van der Waals surface area (Å²) >= 11 is 0. The van der Waals surface area contributed by atoms with Gasteiger partial charge in [0.2, 0.25) is 0 Å². The second-order valence-electron chi connectivity index (χ2n) is 7.90. The van der Waals surface area contributed by atoms with Gasteiger partial charge in [0.05, 0.1) is 11.8 Å². The van der Waals surface area contributed by atoms with Crippen LogP contribution in [0.1, 0.15) is 47.0 Å². The number of esters is 2. The van der Waals surface area contributed by atoms with Gasteiger partial charge in [-0.25, -0.2) is 0 Å². The minimum Gasteiger partial charge on any atom is -0.465 e. The largest absolute Gasteiger partial charge is 0.465 e. The van der Waals surface area contributed by atoms with Gasteiger partial charge in [-0.1, -0.05) is 20.8 Å². The van der Waals surface area contributed by atoms with Gasteiger partial charge in [0.15, 0.2) is 0 Å². The molecule has 0 aromatic rings. The van der Waals surface area contributed by atoms with Crippen molar-refractivity contribution >= 4 is 17.7 Å². The number of hydrogen-bond donors (Lipinski definition) is 0. The van der Waals surface area contributed by atoms with Crippen LogP contribution in [0.15, 0.2) is 0 Å². The van der Waals surface area contributed by atoms with Crippen molar-refractivity contribution in [3.8, 4) is 0 Å². The molecule has 5 atom stereocenters. The number of Topliss-reactive ketones (excluding diaryl/α,β-unsaturated/α-hetero) is 1. The Labute approximate surface area is 130 Å². The molecule has 22 heavy (non-hydrogen) atoms. The van der Waals surface area contributed by atoms with E-state index in [0.717, 1.165) is 12.8 Å². The second kappa shape index (κ2) is 4.80. The molecule has 0 aromatic carbocycles. The standard InChI is InChI=1S/C17H24O5/c1-9(18)22-13-5-6-17(4)12(16(13,2)3)7-11(19)10-8-21-15(20)14(10)17/h10,12-14H,5-8H2,1-4H3/t10?,12-,13-,14?,17+/m1/s1. The van der Waals surface area contributed by atoms with Crippen LogP contribution in [-0.2, 0) is 23.9 Å². The maximum Gasteiger partial charge on any atom is 0.310 e. The molecule has 3 rings (SSSR count). The van der Waals surface area contributed by atoms with Crippen LogP contribution < -0.4 is 0 Å². The predicted molar refractivity (Wildman–Crippen MR) is 77.7 cm³/mol. The molecular weight excluding hydrogens is 284 g/mol. The molecule has 0 N–H and O–H groups in total. The fourth-order valence-corrected chi connectivity index (χ4v) is 5.22. The minimum absolute atomic E-state index is 0.0255. The Balaban J connectivity index is 1.98. The molecule has 3 fully saturated rings. The molecule has 0 aromatic heterocycles. The Bertz CT molecular complexity index is 537. The highest BCUT2D eigenvalue weighted by Crippen LogP contribution is 2.62. The number of carbonyl (C=O) groups is 3. The highest BCUT2D eigenvalue weighted by atomic mass is 16.5. The molecule has 2 unspecified atom stereocenters. The third-order valence-electron chi connectivity index (χ3n) is 6.37. The van der Waals surface area contributed by atoms with Crippen LogP contribution in [0.4, 0.5) is 0 Å². The van der Waals surface area contributed by atoms with E-state index >= 15 is 0 Å². The van der Waals surface area contributed by atoms with Gasteiger partial charge in [0.1, 0.15) is 18.5 Å². The van der Waals surface area contributed by atoms with E-state index in [9.17, 15) is 14.4 Å². The lowest BCUT2D eigenvalue weighted by molar-refractivity contribution is -0.184. The maximum atomic E-state index is 12.5. The highest BCUT2D eigenvalue weighted by molar-refractivity contribution is 5.91. The summed E-state index contributed by atoms with van der Waals surface area (Å²) in [5.41, 5.74) is -0.589. The highest BCUT2D eigenvalue weighted by Gasteiger charge is 2.64. The third-order valence-corrected chi connectivity index (χ3v) is 6.37. The van der Waals surface area contributed by atoms with E-state index in [4.69, 9.17) is 9.47 Å². The zero-order valence-corrected chi connectivity index (χ0v) is 13.7. The topological polar surface area (TPSA) is 69.7 Å². The van der Waals surface area contributed by atoms with Crippen molar-refractivity contribution in [3.63, 3.8) is 0 Å². The van der Waals surface area contributed by atoms with Crippen LogP contribution in [-0.4, -0.2) is 30.4 Å². The Morgan fingerprint density at radius 3 is 2.59 bits per heavy atom. The SMILES string of the molecule is CC(=O)O[C@@H]1CC[C@]2(C)C3C(=O)OCC3C(=O)C[C@@H]2C1(C)C. The lowest BCUT2D eigenvalue weighted by Crippen LogP contribution is -2.59. The van der Waals surface area contributed by atoms with Crippen LogP contribution in [0.5, 0.6) is 0 Å². The van der Waals surface area contributed by atoms with Gasteiger partial charge in [-0.15, -0.1) is 0 Å². The maximum absolute atomic E-state index is 12.5. The number of fused-ring (bicyclic) bond motifs is 3. The quantitative estimate of drug-likeness (QED) is 0.694. The number of ketones is 1. The second-order valence-corrected chi connectivity index (χ2v) is 7.90. The zero-order chi connectivity index (χ0) is 16.3. The first-order valence-electron chi connectivity index (χ1n) is 8.04.